The van der Waals surface area contributed by atoms with Crippen LogP contribution in [-0.2, 0) is 0 Å². The summed E-state index contributed by atoms with van der Waals surface area (Å²) >= 11 is 0. The molecule has 0 spiro atoms. The lowest BCUT2D eigenvalue weighted by Gasteiger charge is -2.09. The summed E-state index contributed by atoms with van der Waals surface area (Å²) < 4.78 is 0. The van der Waals surface area contributed by atoms with Crippen LogP contribution in [0, 0.1) is 18.3 Å². The quantitative estimate of drug-likeness (QED) is 0.897. The van der Waals surface area contributed by atoms with Crippen LogP contribution >= 0.6 is 0 Å². The number of anilines is 1. The number of aromatic carboxylic acids is 1. The Morgan fingerprint density at radius 3 is 2.71 bits per heavy atom. The van der Waals surface area contributed by atoms with Gasteiger partial charge in [-0.05, 0) is 36.8 Å². The molecular formula is C15H11N3O3. The normalized spacial score (nSPS) is 9.71. The molecule has 0 saturated heterocycles. The Kier molecular flexibility index (Phi) is 3.95. The van der Waals surface area contributed by atoms with Gasteiger partial charge >= 0.3 is 5.97 Å². The van der Waals surface area contributed by atoms with Gasteiger partial charge in [0, 0.05) is 17.4 Å². The highest BCUT2D eigenvalue weighted by Gasteiger charge is 2.12. The highest BCUT2D eigenvalue weighted by Crippen LogP contribution is 2.17. The predicted molar refractivity (Wildman–Crippen MR) is 75.0 cm³/mol. The molecule has 2 N–H and O–H groups in total. The second-order valence-electron chi connectivity index (χ2n) is 4.33. The first-order chi connectivity index (χ1) is 10.0. The summed E-state index contributed by atoms with van der Waals surface area (Å²) in [7, 11) is 0. The van der Waals surface area contributed by atoms with Crippen molar-refractivity contribution in [1.82, 2.24) is 4.98 Å². The van der Waals surface area contributed by atoms with E-state index in [0.717, 1.165) is 5.56 Å². The third-order valence-electron chi connectivity index (χ3n) is 2.86. The number of nitriles is 1. The SMILES string of the molecule is Cc1ccc(C#N)cc1NC(=O)c1ccnc(C(=O)O)c1. The number of aryl methyl sites for hydroxylation is 1. The Labute approximate surface area is 120 Å². The predicted octanol–water partition coefficient (Wildman–Crippen LogP) is 2.21. The van der Waals surface area contributed by atoms with Crippen LogP contribution in [0.2, 0.25) is 0 Å². The lowest BCUT2D eigenvalue weighted by atomic mass is 10.1. The van der Waals surface area contributed by atoms with Gasteiger partial charge in [-0.25, -0.2) is 9.78 Å². The lowest BCUT2D eigenvalue weighted by Crippen LogP contribution is -2.14. The molecule has 0 unspecified atom stereocenters. The maximum absolute atomic E-state index is 12.1. The number of nitrogens with zero attached hydrogens (tertiary/aromatic N) is 2. The molecule has 6 heteroatoms. The Bertz CT molecular complexity index is 763. The zero-order valence-corrected chi connectivity index (χ0v) is 11.1. The van der Waals surface area contributed by atoms with Crippen molar-refractivity contribution in [2.75, 3.05) is 5.32 Å². The minimum atomic E-state index is -1.20. The number of rotatable bonds is 3. The zero-order chi connectivity index (χ0) is 15.4. The summed E-state index contributed by atoms with van der Waals surface area (Å²) in [6.45, 7) is 1.80. The van der Waals surface area contributed by atoms with Crippen molar-refractivity contribution in [2.24, 2.45) is 0 Å². The van der Waals surface area contributed by atoms with E-state index in [1.54, 1.807) is 25.1 Å². The minimum Gasteiger partial charge on any atom is -0.477 e. The first kappa shape index (κ1) is 14.2. The topological polar surface area (TPSA) is 103 Å². The first-order valence-corrected chi connectivity index (χ1v) is 6.02. The summed E-state index contributed by atoms with van der Waals surface area (Å²) in [5, 5.41) is 20.4. The van der Waals surface area contributed by atoms with Crippen molar-refractivity contribution in [2.45, 2.75) is 6.92 Å². The Morgan fingerprint density at radius 1 is 1.29 bits per heavy atom. The summed E-state index contributed by atoms with van der Waals surface area (Å²) in [4.78, 5) is 26.6. The van der Waals surface area contributed by atoms with Crippen LogP contribution in [0.3, 0.4) is 0 Å². The summed E-state index contributed by atoms with van der Waals surface area (Å²) in [6, 6.07) is 9.55. The lowest BCUT2D eigenvalue weighted by molar-refractivity contribution is 0.0690. The van der Waals surface area contributed by atoms with Gasteiger partial charge in [0.05, 0.1) is 11.6 Å². The monoisotopic (exact) mass is 281 g/mol. The molecule has 21 heavy (non-hydrogen) atoms. The highest BCUT2D eigenvalue weighted by atomic mass is 16.4. The van der Waals surface area contributed by atoms with E-state index < -0.39 is 11.9 Å². The summed E-state index contributed by atoms with van der Waals surface area (Å²) in [5.74, 6) is -1.66. The maximum atomic E-state index is 12.1. The van der Waals surface area contributed by atoms with Crippen molar-refractivity contribution in [3.8, 4) is 6.07 Å². The molecule has 0 aliphatic heterocycles. The first-order valence-electron chi connectivity index (χ1n) is 6.02. The molecule has 2 rings (SSSR count). The molecule has 0 aliphatic carbocycles. The average Bonchev–Trinajstić information content (AvgIpc) is 2.49. The van der Waals surface area contributed by atoms with Crippen molar-refractivity contribution in [3.63, 3.8) is 0 Å². The van der Waals surface area contributed by atoms with Crippen molar-refractivity contribution in [1.29, 1.82) is 5.26 Å². The van der Waals surface area contributed by atoms with Gasteiger partial charge in [0.15, 0.2) is 0 Å². The van der Waals surface area contributed by atoms with Crippen LogP contribution in [0.15, 0.2) is 36.5 Å². The smallest absolute Gasteiger partial charge is 0.354 e. The van der Waals surface area contributed by atoms with E-state index in [2.05, 4.69) is 10.3 Å². The molecular weight excluding hydrogens is 270 g/mol. The van der Waals surface area contributed by atoms with Gasteiger partial charge in [-0.2, -0.15) is 5.26 Å². The number of carboxylic acids is 1. The highest BCUT2D eigenvalue weighted by molar-refractivity contribution is 6.05. The van der Waals surface area contributed by atoms with Crippen LogP contribution < -0.4 is 5.32 Å². The summed E-state index contributed by atoms with van der Waals surface area (Å²) in [5.41, 5.74) is 1.72. The molecule has 0 fully saturated rings. The van der Waals surface area contributed by atoms with Crippen molar-refractivity contribution < 1.29 is 14.7 Å². The van der Waals surface area contributed by atoms with Crippen LogP contribution in [0.1, 0.15) is 32.0 Å². The van der Waals surface area contributed by atoms with E-state index in [-0.39, 0.29) is 11.3 Å². The molecule has 1 aromatic heterocycles. The molecule has 1 amide bonds. The molecule has 6 nitrogen and oxygen atoms in total. The molecule has 2 aromatic rings. The number of hydrogen-bond donors (Lipinski definition) is 2. The van der Waals surface area contributed by atoms with Gasteiger partial charge < -0.3 is 10.4 Å². The molecule has 0 aliphatic rings. The molecule has 104 valence electrons. The van der Waals surface area contributed by atoms with E-state index in [9.17, 15) is 9.59 Å². The van der Waals surface area contributed by atoms with Gasteiger partial charge in [-0.15, -0.1) is 0 Å². The molecule has 0 atom stereocenters. The van der Waals surface area contributed by atoms with Crippen LogP contribution in [0.5, 0.6) is 0 Å². The van der Waals surface area contributed by atoms with Gasteiger partial charge in [0.1, 0.15) is 5.69 Å². The number of carboxylic acid groups (broad SMARTS) is 1. The number of aromatic nitrogens is 1. The van der Waals surface area contributed by atoms with Gasteiger partial charge in [0.25, 0.3) is 5.91 Å². The molecule has 1 heterocycles. The Morgan fingerprint density at radius 2 is 2.05 bits per heavy atom. The number of nitrogens with one attached hydrogen (secondary N) is 1. The second-order valence-corrected chi connectivity index (χ2v) is 4.33. The van der Waals surface area contributed by atoms with Gasteiger partial charge in [0.2, 0.25) is 0 Å². The maximum Gasteiger partial charge on any atom is 0.354 e. The average molecular weight is 281 g/mol. The van der Waals surface area contributed by atoms with Crippen molar-refractivity contribution in [3.05, 3.63) is 58.9 Å². The second kappa shape index (κ2) is 5.84. The Balaban J connectivity index is 2.28. The van der Waals surface area contributed by atoms with E-state index in [0.29, 0.717) is 11.3 Å². The molecule has 1 aromatic carbocycles. The number of pyridine rings is 1. The molecule has 0 saturated carbocycles. The molecule has 0 radical (unpaired) electrons. The number of hydrogen-bond acceptors (Lipinski definition) is 4. The Hall–Kier alpha value is -3.20. The zero-order valence-electron chi connectivity index (χ0n) is 11.1. The van der Waals surface area contributed by atoms with E-state index in [4.69, 9.17) is 10.4 Å². The fourth-order valence-electron chi connectivity index (χ4n) is 1.71. The van der Waals surface area contributed by atoms with Crippen molar-refractivity contribution >= 4 is 17.6 Å². The van der Waals surface area contributed by atoms with E-state index >= 15 is 0 Å². The van der Waals surface area contributed by atoms with Crippen LogP contribution in [-0.4, -0.2) is 22.0 Å². The van der Waals surface area contributed by atoms with Crippen LogP contribution in [0.25, 0.3) is 0 Å². The number of benzene rings is 1. The number of amides is 1. The largest absolute Gasteiger partial charge is 0.477 e. The number of carbonyl (C=O) groups excluding carboxylic acids is 1. The van der Waals surface area contributed by atoms with E-state index in [1.807, 2.05) is 6.07 Å². The summed E-state index contributed by atoms with van der Waals surface area (Å²) in [6.07, 6.45) is 1.26. The van der Waals surface area contributed by atoms with Gasteiger partial charge in [-0.3, -0.25) is 4.79 Å². The third-order valence-corrected chi connectivity index (χ3v) is 2.86. The van der Waals surface area contributed by atoms with Gasteiger partial charge in [-0.1, -0.05) is 6.07 Å². The minimum absolute atomic E-state index is 0.184. The fraction of sp³-hybridized carbons (Fsp3) is 0.0667. The fourth-order valence-corrected chi connectivity index (χ4v) is 1.71. The van der Waals surface area contributed by atoms with E-state index in [1.165, 1.54) is 18.3 Å². The number of carbonyl (C=O) groups is 2. The molecule has 0 bridgehead atoms. The standard InChI is InChI=1S/C15H11N3O3/c1-9-2-3-10(8-16)6-12(9)18-14(19)11-4-5-17-13(7-11)15(20)21/h2-7H,1H3,(H,18,19)(H,20,21). The van der Waals surface area contributed by atoms with Crippen LogP contribution in [0.4, 0.5) is 5.69 Å². The third kappa shape index (κ3) is 3.22.